The van der Waals surface area contributed by atoms with Crippen LogP contribution >= 0.6 is 11.5 Å². The molecule has 3 heterocycles. The number of aromatic nitrogens is 3. The average molecular weight is 382 g/mol. The Bertz CT molecular complexity index is 1210. The Labute approximate surface area is 157 Å². The van der Waals surface area contributed by atoms with Crippen LogP contribution in [0.4, 0.5) is 0 Å². The standard InChI is InChI=1S/C18H14N4O4S/c1-9-12(18(24)25)8-22-16(9)13(5-6-20-22)26-10-3-4-11-14(7-10)27-21-15(11)17(23)19-2/h3-8H,1-2H3,(H,19,23)(H,24,25). The molecule has 9 heteroatoms. The first-order valence-corrected chi connectivity index (χ1v) is 8.76. The van der Waals surface area contributed by atoms with Crippen LogP contribution in [0, 0.1) is 6.92 Å². The van der Waals surface area contributed by atoms with Crippen molar-refractivity contribution in [3.05, 3.63) is 53.5 Å². The molecule has 0 saturated carbocycles. The quantitative estimate of drug-likeness (QED) is 0.562. The monoisotopic (exact) mass is 382 g/mol. The minimum Gasteiger partial charge on any atom is -0.478 e. The van der Waals surface area contributed by atoms with E-state index in [2.05, 4.69) is 14.8 Å². The highest BCUT2D eigenvalue weighted by atomic mass is 32.1. The number of benzene rings is 1. The Hall–Kier alpha value is -3.46. The minimum atomic E-state index is -1.02. The Balaban J connectivity index is 1.76. The molecule has 0 radical (unpaired) electrons. The summed E-state index contributed by atoms with van der Waals surface area (Å²) in [5.41, 5.74) is 1.72. The van der Waals surface area contributed by atoms with Crippen molar-refractivity contribution in [3.63, 3.8) is 0 Å². The van der Waals surface area contributed by atoms with E-state index in [1.165, 1.54) is 22.2 Å². The van der Waals surface area contributed by atoms with Gasteiger partial charge in [0.25, 0.3) is 5.91 Å². The number of ether oxygens (including phenoxy) is 1. The van der Waals surface area contributed by atoms with Gasteiger partial charge in [0.15, 0.2) is 5.75 Å². The van der Waals surface area contributed by atoms with Crippen LogP contribution in [0.1, 0.15) is 26.4 Å². The fourth-order valence-electron chi connectivity index (χ4n) is 2.91. The number of rotatable bonds is 4. The molecule has 0 aliphatic rings. The third-order valence-electron chi connectivity index (χ3n) is 4.23. The summed E-state index contributed by atoms with van der Waals surface area (Å²) >= 11 is 1.21. The zero-order valence-corrected chi connectivity index (χ0v) is 15.2. The molecular formula is C18H14N4O4S. The molecule has 4 aromatic rings. The first kappa shape index (κ1) is 17.0. The van der Waals surface area contributed by atoms with Crippen LogP contribution in [0.5, 0.6) is 11.5 Å². The van der Waals surface area contributed by atoms with E-state index in [1.54, 1.807) is 44.4 Å². The molecule has 0 fully saturated rings. The van der Waals surface area contributed by atoms with Crippen LogP contribution in [0.3, 0.4) is 0 Å². The van der Waals surface area contributed by atoms with Gasteiger partial charge in [0.2, 0.25) is 0 Å². The number of aryl methyl sites for hydroxylation is 1. The number of amides is 1. The smallest absolute Gasteiger partial charge is 0.337 e. The fraction of sp³-hybridized carbons (Fsp3) is 0.111. The molecule has 2 N–H and O–H groups in total. The van der Waals surface area contributed by atoms with Crippen molar-refractivity contribution in [2.75, 3.05) is 7.05 Å². The molecule has 4 rings (SSSR count). The number of hydrogen-bond donors (Lipinski definition) is 2. The predicted octanol–water partition coefficient (Wildman–Crippen LogP) is 3.10. The molecule has 1 amide bonds. The predicted molar refractivity (Wildman–Crippen MR) is 100.0 cm³/mol. The molecule has 0 bridgehead atoms. The van der Waals surface area contributed by atoms with Crippen molar-refractivity contribution >= 4 is 39.0 Å². The van der Waals surface area contributed by atoms with Crippen molar-refractivity contribution in [2.45, 2.75) is 6.92 Å². The maximum absolute atomic E-state index is 11.8. The summed E-state index contributed by atoms with van der Waals surface area (Å²) in [7, 11) is 1.56. The summed E-state index contributed by atoms with van der Waals surface area (Å²) in [4.78, 5) is 23.2. The van der Waals surface area contributed by atoms with Gasteiger partial charge < -0.3 is 15.2 Å². The van der Waals surface area contributed by atoms with E-state index < -0.39 is 5.97 Å². The largest absolute Gasteiger partial charge is 0.478 e. The molecule has 0 spiro atoms. The van der Waals surface area contributed by atoms with Crippen molar-refractivity contribution in [2.24, 2.45) is 0 Å². The third kappa shape index (κ3) is 2.77. The average Bonchev–Trinajstić information content (AvgIpc) is 3.23. The summed E-state index contributed by atoms with van der Waals surface area (Å²) in [5.74, 6) is -0.210. The SMILES string of the molecule is CNC(=O)c1nsc2cc(Oc3ccnn4cc(C(=O)O)c(C)c34)ccc12. The molecule has 0 aliphatic carbocycles. The third-order valence-corrected chi connectivity index (χ3v) is 5.04. The van der Waals surface area contributed by atoms with Crippen LogP contribution in [-0.4, -0.2) is 38.0 Å². The highest BCUT2D eigenvalue weighted by molar-refractivity contribution is 7.13. The Morgan fingerprint density at radius 3 is 2.85 bits per heavy atom. The Morgan fingerprint density at radius 1 is 1.30 bits per heavy atom. The first-order valence-electron chi connectivity index (χ1n) is 7.99. The second-order valence-electron chi connectivity index (χ2n) is 5.83. The number of carbonyl (C=O) groups is 2. The highest BCUT2D eigenvalue weighted by Crippen LogP contribution is 2.33. The summed E-state index contributed by atoms with van der Waals surface area (Å²) < 4.78 is 12.5. The number of carboxylic acids is 1. The number of carbonyl (C=O) groups excluding carboxylic acids is 1. The topological polar surface area (TPSA) is 106 Å². The molecule has 0 unspecified atom stereocenters. The number of aromatic carboxylic acids is 1. The molecule has 8 nitrogen and oxygen atoms in total. The van der Waals surface area contributed by atoms with Gasteiger partial charge in [0, 0.05) is 30.8 Å². The van der Waals surface area contributed by atoms with Crippen molar-refractivity contribution < 1.29 is 19.4 Å². The molecule has 27 heavy (non-hydrogen) atoms. The summed E-state index contributed by atoms with van der Waals surface area (Å²) in [6.07, 6.45) is 3.00. The van der Waals surface area contributed by atoms with Gasteiger partial charge in [-0.05, 0) is 36.2 Å². The van der Waals surface area contributed by atoms with Crippen LogP contribution in [0.2, 0.25) is 0 Å². The van der Waals surface area contributed by atoms with Gasteiger partial charge in [-0.3, -0.25) is 4.79 Å². The lowest BCUT2D eigenvalue weighted by atomic mass is 10.2. The van der Waals surface area contributed by atoms with Gasteiger partial charge >= 0.3 is 5.97 Å². The Morgan fingerprint density at radius 2 is 2.11 bits per heavy atom. The van der Waals surface area contributed by atoms with Gasteiger partial charge in [-0.25, -0.2) is 9.31 Å². The lowest BCUT2D eigenvalue weighted by Crippen LogP contribution is -2.18. The minimum absolute atomic E-state index is 0.173. The van der Waals surface area contributed by atoms with Crippen molar-refractivity contribution in [1.82, 2.24) is 19.3 Å². The molecule has 3 aromatic heterocycles. The van der Waals surface area contributed by atoms with Crippen LogP contribution in [0.15, 0.2) is 36.7 Å². The molecule has 1 aromatic carbocycles. The molecule has 0 atom stereocenters. The van der Waals surface area contributed by atoms with Gasteiger partial charge in [-0.1, -0.05) is 0 Å². The number of nitrogens with zero attached hydrogens (tertiary/aromatic N) is 3. The van der Waals surface area contributed by atoms with Crippen molar-refractivity contribution in [1.29, 1.82) is 0 Å². The van der Waals surface area contributed by atoms with Crippen molar-refractivity contribution in [3.8, 4) is 11.5 Å². The molecule has 136 valence electrons. The zero-order valence-electron chi connectivity index (χ0n) is 14.4. The second-order valence-corrected chi connectivity index (χ2v) is 6.64. The van der Waals surface area contributed by atoms with E-state index in [4.69, 9.17) is 4.74 Å². The van der Waals surface area contributed by atoms with Gasteiger partial charge in [-0.2, -0.15) is 9.47 Å². The van der Waals surface area contributed by atoms with E-state index in [9.17, 15) is 14.7 Å². The number of fused-ring (bicyclic) bond motifs is 2. The van der Waals surface area contributed by atoms with E-state index >= 15 is 0 Å². The van der Waals surface area contributed by atoms with E-state index in [-0.39, 0.29) is 11.5 Å². The van der Waals surface area contributed by atoms with Crippen LogP contribution in [0.25, 0.3) is 15.6 Å². The second kappa shape index (κ2) is 6.36. The van der Waals surface area contributed by atoms with E-state index in [1.807, 2.05) is 0 Å². The number of nitrogens with one attached hydrogen (secondary N) is 1. The van der Waals surface area contributed by atoms with Gasteiger partial charge in [0.1, 0.15) is 17.0 Å². The Kier molecular flexibility index (Phi) is 4.00. The summed E-state index contributed by atoms with van der Waals surface area (Å²) in [6.45, 7) is 1.72. The lowest BCUT2D eigenvalue weighted by Gasteiger charge is -2.08. The highest BCUT2D eigenvalue weighted by Gasteiger charge is 2.18. The molecule has 0 aliphatic heterocycles. The van der Waals surface area contributed by atoms with Gasteiger partial charge in [-0.15, -0.1) is 0 Å². The summed E-state index contributed by atoms with van der Waals surface area (Å²) in [6, 6.07) is 7.01. The number of carboxylic acid groups (broad SMARTS) is 1. The maximum Gasteiger partial charge on any atom is 0.337 e. The van der Waals surface area contributed by atoms with E-state index in [0.29, 0.717) is 28.3 Å². The fourth-order valence-corrected chi connectivity index (χ4v) is 3.71. The maximum atomic E-state index is 11.8. The van der Waals surface area contributed by atoms with Crippen LogP contribution in [-0.2, 0) is 0 Å². The number of hydrogen-bond acceptors (Lipinski definition) is 6. The molecular weight excluding hydrogens is 368 g/mol. The van der Waals surface area contributed by atoms with Crippen LogP contribution < -0.4 is 10.1 Å². The normalized spacial score (nSPS) is 11.0. The zero-order chi connectivity index (χ0) is 19.1. The summed E-state index contributed by atoms with van der Waals surface area (Å²) in [5, 5.41) is 16.8. The lowest BCUT2D eigenvalue weighted by molar-refractivity contribution is 0.0696. The first-order chi connectivity index (χ1) is 13.0. The van der Waals surface area contributed by atoms with Gasteiger partial charge in [0.05, 0.1) is 16.5 Å². The molecule has 0 saturated heterocycles. The van der Waals surface area contributed by atoms with E-state index in [0.717, 1.165) is 10.1 Å².